The molecule has 0 aliphatic carbocycles. The number of hydrogen-bond acceptors (Lipinski definition) is 3. The second-order valence-corrected chi connectivity index (χ2v) is 6.14. The molecular formula is C23H23NO3. The number of nitrogens with one attached hydrogen (secondary N) is 1. The largest absolute Gasteiger partial charge is 0.489 e. The SMILES string of the molecule is CCc1cccc(OCC(=O)Nc2cccc(OCc3ccccc3)c2)c1. The lowest BCUT2D eigenvalue weighted by molar-refractivity contribution is -0.118. The quantitative estimate of drug-likeness (QED) is 0.624. The number of rotatable bonds is 8. The lowest BCUT2D eigenvalue weighted by Gasteiger charge is -2.10. The maximum absolute atomic E-state index is 12.2. The summed E-state index contributed by atoms with van der Waals surface area (Å²) >= 11 is 0. The molecule has 138 valence electrons. The zero-order valence-corrected chi connectivity index (χ0v) is 15.4. The van der Waals surface area contributed by atoms with E-state index in [2.05, 4.69) is 12.2 Å². The fraction of sp³-hybridized carbons (Fsp3) is 0.174. The van der Waals surface area contributed by atoms with Crippen molar-refractivity contribution in [2.45, 2.75) is 20.0 Å². The van der Waals surface area contributed by atoms with Crippen molar-refractivity contribution >= 4 is 11.6 Å². The third kappa shape index (κ3) is 5.89. The Morgan fingerprint density at radius 3 is 2.30 bits per heavy atom. The van der Waals surface area contributed by atoms with Crippen molar-refractivity contribution in [2.24, 2.45) is 0 Å². The van der Waals surface area contributed by atoms with Crippen LogP contribution < -0.4 is 14.8 Å². The first kappa shape index (κ1) is 18.5. The summed E-state index contributed by atoms with van der Waals surface area (Å²) in [6.45, 7) is 2.52. The van der Waals surface area contributed by atoms with Crippen LogP contribution in [0.2, 0.25) is 0 Å². The van der Waals surface area contributed by atoms with Gasteiger partial charge in [0.25, 0.3) is 5.91 Å². The highest BCUT2D eigenvalue weighted by atomic mass is 16.5. The van der Waals surface area contributed by atoms with Crippen molar-refractivity contribution in [3.8, 4) is 11.5 Å². The molecule has 0 unspecified atom stereocenters. The average Bonchev–Trinajstić information content (AvgIpc) is 2.72. The van der Waals surface area contributed by atoms with Crippen LogP contribution in [0.5, 0.6) is 11.5 Å². The molecule has 3 aromatic rings. The van der Waals surface area contributed by atoms with Gasteiger partial charge in [-0.25, -0.2) is 0 Å². The standard InChI is InChI=1S/C23H23NO3/c1-2-18-10-6-12-21(14-18)27-17-23(25)24-20-11-7-13-22(15-20)26-16-19-8-4-3-5-9-19/h3-15H,2,16-17H2,1H3,(H,24,25). The van der Waals surface area contributed by atoms with Gasteiger partial charge in [-0.3, -0.25) is 4.79 Å². The van der Waals surface area contributed by atoms with Gasteiger partial charge in [0, 0.05) is 11.8 Å². The van der Waals surface area contributed by atoms with E-state index < -0.39 is 0 Å². The smallest absolute Gasteiger partial charge is 0.262 e. The zero-order chi connectivity index (χ0) is 18.9. The topological polar surface area (TPSA) is 47.6 Å². The molecule has 3 rings (SSSR count). The molecule has 0 aromatic heterocycles. The van der Waals surface area contributed by atoms with Gasteiger partial charge in [-0.2, -0.15) is 0 Å². The fourth-order valence-corrected chi connectivity index (χ4v) is 2.61. The summed E-state index contributed by atoms with van der Waals surface area (Å²) in [4.78, 5) is 12.2. The number of anilines is 1. The van der Waals surface area contributed by atoms with Gasteiger partial charge in [0.1, 0.15) is 18.1 Å². The van der Waals surface area contributed by atoms with Gasteiger partial charge in [-0.05, 0) is 41.8 Å². The van der Waals surface area contributed by atoms with Crippen molar-refractivity contribution in [1.29, 1.82) is 0 Å². The molecule has 3 aromatic carbocycles. The molecule has 0 radical (unpaired) electrons. The maximum Gasteiger partial charge on any atom is 0.262 e. The van der Waals surface area contributed by atoms with Gasteiger partial charge in [0.2, 0.25) is 0 Å². The lowest BCUT2D eigenvalue weighted by atomic mass is 10.2. The molecule has 27 heavy (non-hydrogen) atoms. The molecule has 4 heteroatoms. The van der Waals surface area contributed by atoms with Crippen LogP contribution in [0.4, 0.5) is 5.69 Å². The van der Waals surface area contributed by atoms with E-state index in [0.29, 0.717) is 23.8 Å². The molecule has 0 atom stereocenters. The normalized spacial score (nSPS) is 10.3. The molecule has 0 saturated carbocycles. The highest BCUT2D eigenvalue weighted by molar-refractivity contribution is 5.92. The van der Waals surface area contributed by atoms with Crippen molar-refractivity contribution in [2.75, 3.05) is 11.9 Å². The minimum absolute atomic E-state index is 0.0394. The summed E-state index contributed by atoms with van der Waals surface area (Å²) in [6.07, 6.45) is 0.930. The Bertz CT molecular complexity index is 878. The van der Waals surface area contributed by atoms with Gasteiger partial charge in [-0.1, -0.05) is 55.5 Å². The lowest BCUT2D eigenvalue weighted by Crippen LogP contribution is -2.20. The Kier molecular flexibility index (Phi) is 6.47. The monoisotopic (exact) mass is 361 g/mol. The third-order valence-electron chi connectivity index (χ3n) is 4.04. The first-order chi connectivity index (χ1) is 13.2. The van der Waals surface area contributed by atoms with Gasteiger partial charge < -0.3 is 14.8 Å². The summed E-state index contributed by atoms with van der Waals surface area (Å²) in [5.74, 6) is 1.19. The summed E-state index contributed by atoms with van der Waals surface area (Å²) in [7, 11) is 0. The number of benzene rings is 3. The molecule has 1 amide bonds. The fourth-order valence-electron chi connectivity index (χ4n) is 2.61. The van der Waals surface area contributed by atoms with Gasteiger partial charge in [0.05, 0.1) is 0 Å². The predicted octanol–water partition coefficient (Wildman–Crippen LogP) is 4.85. The van der Waals surface area contributed by atoms with E-state index in [9.17, 15) is 4.79 Å². The third-order valence-corrected chi connectivity index (χ3v) is 4.04. The Labute approximate surface area is 159 Å². The molecule has 0 bridgehead atoms. The Morgan fingerprint density at radius 1 is 0.815 bits per heavy atom. The number of amides is 1. The van der Waals surface area contributed by atoms with Crippen LogP contribution in [0.3, 0.4) is 0 Å². The Hall–Kier alpha value is -3.27. The van der Waals surface area contributed by atoms with E-state index in [1.807, 2.05) is 72.8 Å². The predicted molar refractivity (Wildman–Crippen MR) is 107 cm³/mol. The molecule has 0 aliphatic rings. The van der Waals surface area contributed by atoms with Gasteiger partial charge >= 0.3 is 0 Å². The average molecular weight is 361 g/mol. The van der Waals surface area contributed by atoms with Gasteiger partial charge in [-0.15, -0.1) is 0 Å². The zero-order valence-electron chi connectivity index (χ0n) is 15.4. The van der Waals surface area contributed by atoms with Crippen LogP contribution in [0.1, 0.15) is 18.1 Å². The summed E-state index contributed by atoms with van der Waals surface area (Å²) in [5.41, 5.74) is 2.95. The van der Waals surface area contributed by atoms with E-state index in [1.165, 1.54) is 5.56 Å². The molecular weight excluding hydrogens is 338 g/mol. The van der Waals surface area contributed by atoms with Crippen LogP contribution in [-0.4, -0.2) is 12.5 Å². The highest BCUT2D eigenvalue weighted by Crippen LogP contribution is 2.19. The second-order valence-electron chi connectivity index (χ2n) is 6.14. The summed E-state index contributed by atoms with van der Waals surface area (Å²) < 4.78 is 11.4. The number of aryl methyl sites for hydroxylation is 1. The van der Waals surface area contributed by atoms with E-state index in [-0.39, 0.29) is 12.5 Å². The van der Waals surface area contributed by atoms with E-state index >= 15 is 0 Å². The molecule has 0 spiro atoms. The molecule has 4 nitrogen and oxygen atoms in total. The van der Waals surface area contributed by atoms with Crippen LogP contribution in [0, 0.1) is 0 Å². The minimum atomic E-state index is -0.211. The Morgan fingerprint density at radius 2 is 1.52 bits per heavy atom. The second kappa shape index (κ2) is 9.43. The molecule has 0 saturated heterocycles. The number of hydrogen-bond donors (Lipinski definition) is 1. The van der Waals surface area contributed by atoms with Crippen LogP contribution >= 0.6 is 0 Å². The summed E-state index contributed by atoms with van der Waals surface area (Å²) in [6, 6.07) is 25.1. The number of carbonyl (C=O) groups is 1. The molecule has 0 fully saturated rings. The van der Waals surface area contributed by atoms with Gasteiger partial charge in [0.15, 0.2) is 6.61 Å². The van der Waals surface area contributed by atoms with Crippen LogP contribution in [-0.2, 0) is 17.8 Å². The maximum atomic E-state index is 12.2. The Balaban J connectivity index is 1.51. The van der Waals surface area contributed by atoms with Crippen molar-refractivity contribution in [3.05, 3.63) is 90.0 Å². The first-order valence-electron chi connectivity index (χ1n) is 9.01. The van der Waals surface area contributed by atoms with Crippen LogP contribution in [0.15, 0.2) is 78.9 Å². The molecule has 1 N–H and O–H groups in total. The van der Waals surface area contributed by atoms with Crippen molar-refractivity contribution in [3.63, 3.8) is 0 Å². The van der Waals surface area contributed by atoms with E-state index in [4.69, 9.17) is 9.47 Å². The molecule has 0 aliphatic heterocycles. The van der Waals surface area contributed by atoms with Crippen molar-refractivity contribution in [1.82, 2.24) is 0 Å². The van der Waals surface area contributed by atoms with Crippen molar-refractivity contribution < 1.29 is 14.3 Å². The number of ether oxygens (including phenoxy) is 2. The minimum Gasteiger partial charge on any atom is -0.489 e. The first-order valence-corrected chi connectivity index (χ1v) is 9.01. The summed E-state index contributed by atoms with van der Waals surface area (Å²) in [5, 5.41) is 2.84. The molecule has 0 heterocycles. The van der Waals surface area contributed by atoms with E-state index in [0.717, 1.165) is 12.0 Å². The van der Waals surface area contributed by atoms with Crippen LogP contribution in [0.25, 0.3) is 0 Å². The highest BCUT2D eigenvalue weighted by Gasteiger charge is 2.05. The van der Waals surface area contributed by atoms with E-state index in [1.54, 1.807) is 6.07 Å². The number of carbonyl (C=O) groups excluding carboxylic acids is 1.